The van der Waals surface area contributed by atoms with Gasteiger partial charge in [0.25, 0.3) is 0 Å². The van der Waals surface area contributed by atoms with Crippen molar-refractivity contribution in [2.45, 2.75) is 71.1 Å². The Bertz CT molecular complexity index is 663. The second-order valence-corrected chi connectivity index (χ2v) is 7.68. The van der Waals surface area contributed by atoms with Crippen LogP contribution < -0.4 is 0 Å². The molecule has 0 spiro atoms. The molecule has 0 nitrogen and oxygen atoms in total. The van der Waals surface area contributed by atoms with Gasteiger partial charge < -0.3 is 0 Å². The zero-order chi connectivity index (χ0) is 17.6. The quantitative estimate of drug-likeness (QED) is 0.511. The Balaban J connectivity index is 1.67. The lowest BCUT2D eigenvalue weighted by molar-refractivity contribution is 0.308. The third-order valence-corrected chi connectivity index (χ3v) is 5.83. The molecule has 2 aromatic carbocycles. The van der Waals surface area contributed by atoms with Crippen LogP contribution in [0.15, 0.2) is 42.5 Å². The molecule has 0 heterocycles. The van der Waals surface area contributed by atoms with E-state index in [9.17, 15) is 4.39 Å². The van der Waals surface area contributed by atoms with E-state index in [-0.39, 0.29) is 5.82 Å². The van der Waals surface area contributed by atoms with Crippen LogP contribution in [0.25, 0.3) is 11.1 Å². The summed E-state index contributed by atoms with van der Waals surface area (Å²) < 4.78 is 14.2. The van der Waals surface area contributed by atoms with Crippen molar-refractivity contribution in [1.29, 1.82) is 0 Å². The van der Waals surface area contributed by atoms with Crippen LogP contribution in [0.1, 0.15) is 75.8 Å². The molecule has 2 aromatic rings. The van der Waals surface area contributed by atoms with Crippen LogP contribution in [-0.2, 0) is 6.42 Å². The molecule has 0 saturated heterocycles. The molecule has 0 bridgehead atoms. The van der Waals surface area contributed by atoms with Crippen LogP contribution in [-0.4, -0.2) is 0 Å². The third-order valence-electron chi connectivity index (χ3n) is 5.83. The number of aryl methyl sites for hydroxylation is 1. The third kappa shape index (κ3) is 4.51. The Hall–Kier alpha value is -1.63. The van der Waals surface area contributed by atoms with E-state index in [1.807, 2.05) is 6.07 Å². The van der Waals surface area contributed by atoms with E-state index in [1.165, 1.54) is 44.1 Å². The van der Waals surface area contributed by atoms with Crippen molar-refractivity contribution >= 4 is 0 Å². The molecule has 0 amide bonds. The molecule has 1 fully saturated rings. The van der Waals surface area contributed by atoms with Gasteiger partial charge in [-0.05, 0) is 72.3 Å². The molecule has 0 aromatic heterocycles. The highest BCUT2D eigenvalue weighted by Crippen LogP contribution is 2.38. The predicted octanol–water partition coefficient (Wildman–Crippen LogP) is 7.52. The minimum absolute atomic E-state index is 0.0716. The van der Waals surface area contributed by atoms with E-state index in [1.54, 1.807) is 6.07 Å². The number of halogens is 1. The largest absolute Gasteiger partial charge is 0.207 e. The van der Waals surface area contributed by atoms with Crippen molar-refractivity contribution < 1.29 is 4.39 Å². The van der Waals surface area contributed by atoms with E-state index in [0.717, 1.165) is 35.4 Å². The van der Waals surface area contributed by atoms with E-state index in [0.29, 0.717) is 5.92 Å². The van der Waals surface area contributed by atoms with Crippen LogP contribution in [0, 0.1) is 11.7 Å². The highest BCUT2D eigenvalue weighted by molar-refractivity contribution is 5.64. The number of hydrogen-bond acceptors (Lipinski definition) is 0. The SMILES string of the molecule is CCCc1ccc(-c2ccc(C3CCC(CCC)CC3)cc2)cc1F. The summed E-state index contributed by atoms with van der Waals surface area (Å²) in [4.78, 5) is 0. The van der Waals surface area contributed by atoms with Gasteiger partial charge in [0.1, 0.15) is 5.82 Å². The molecule has 0 aliphatic heterocycles. The molecular formula is C24H31F. The second-order valence-electron chi connectivity index (χ2n) is 7.68. The minimum atomic E-state index is -0.0716. The van der Waals surface area contributed by atoms with Gasteiger partial charge in [-0.1, -0.05) is 69.5 Å². The molecule has 0 atom stereocenters. The topological polar surface area (TPSA) is 0 Å². The standard InChI is InChI=1S/C24H31F/c1-3-5-18-7-9-19(10-8-18)20-11-13-21(14-12-20)23-16-15-22(6-4-2)24(25)17-23/h11-19H,3-10H2,1-2H3. The first kappa shape index (κ1) is 18.2. The monoisotopic (exact) mass is 338 g/mol. The summed E-state index contributed by atoms with van der Waals surface area (Å²) in [6.45, 7) is 4.38. The molecule has 3 rings (SSSR count). The number of rotatable bonds is 6. The number of benzene rings is 2. The van der Waals surface area contributed by atoms with Crippen LogP contribution in [0.4, 0.5) is 4.39 Å². The summed E-state index contributed by atoms with van der Waals surface area (Å²) in [7, 11) is 0. The average molecular weight is 339 g/mol. The summed E-state index contributed by atoms with van der Waals surface area (Å²) in [5, 5.41) is 0. The van der Waals surface area contributed by atoms with Crippen LogP contribution >= 0.6 is 0 Å². The Morgan fingerprint density at radius 3 is 2.12 bits per heavy atom. The molecule has 1 saturated carbocycles. The fourth-order valence-corrected chi connectivity index (χ4v) is 4.34. The van der Waals surface area contributed by atoms with Gasteiger partial charge >= 0.3 is 0 Å². The maximum atomic E-state index is 14.2. The molecule has 1 aliphatic carbocycles. The zero-order valence-corrected chi connectivity index (χ0v) is 15.7. The Morgan fingerprint density at radius 1 is 0.840 bits per heavy atom. The highest BCUT2D eigenvalue weighted by Gasteiger charge is 2.21. The average Bonchev–Trinajstić information content (AvgIpc) is 2.65. The molecular weight excluding hydrogens is 307 g/mol. The minimum Gasteiger partial charge on any atom is -0.207 e. The summed E-state index contributed by atoms with van der Waals surface area (Å²) >= 11 is 0. The fourth-order valence-electron chi connectivity index (χ4n) is 4.34. The van der Waals surface area contributed by atoms with Gasteiger partial charge in [-0.2, -0.15) is 0 Å². The van der Waals surface area contributed by atoms with Gasteiger partial charge in [0.05, 0.1) is 0 Å². The summed E-state index contributed by atoms with van der Waals surface area (Å²) in [6.07, 6.45) is 9.91. The van der Waals surface area contributed by atoms with E-state index in [4.69, 9.17) is 0 Å². The fraction of sp³-hybridized carbons (Fsp3) is 0.500. The van der Waals surface area contributed by atoms with Gasteiger partial charge in [-0.3, -0.25) is 0 Å². The maximum Gasteiger partial charge on any atom is 0.127 e. The van der Waals surface area contributed by atoms with Crippen molar-refractivity contribution in [1.82, 2.24) is 0 Å². The van der Waals surface area contributed by atoms with Gasteiger partial charge in [-0.25, -0.2) is 4.39 Å². The summed E-state index contributed by atoms with van der Waals surface area (Å²) in [5.74, 6) is 1.59. The van der Waals surface area contributed by atoms with Gasteiger partial charge in [0.2, 0.25) is 0 Å². The molecule has 1 aliphatic rings. The van der Waals surface area contributed by atoms with Crippen LogP contribution in [0.3, 0.4) is 0 Å². The maximum absolute atomic E-state index is 14.2. The first-order chi connectivity index (χ1) is 12.2. The Kier molecular flexibility index (Phi) is 6.29. The second kappa shape index (κ2) is 8.65. The lowest BCUT2D eigenvalue weighted by atomic mass is 9.77. The molecule has 0 unspecified atom stereocenters. The summed E-state index contributed by atoms with van der Waals surface area (Å²) in [6, 6.07) is 14.5. The summed E-state index contributed by atoms with van der Waals surface area (Å²) in [5.41, 5.74) is 4.38. The first-order valence-corrected chi connectivity index (χ1v) is 10.1. The van der Waals surface area contributed by atoms with Crippen molar-refractivity contribution in [2.75, 3.05) is 0 Å². The van der Waals surface area contributed by atoms with Crippen molar-refractivity contribution in [3.05, 3.63) is 59.4 Å². The molecule has 0 radical (unpaired) electrons. The smallest absolute Gasteiger partial charge is 0.127 e. The molecule has 25 heavy (non-hydrogen) atoms. The molecule has 134 valence electrons. The van der Waals surface area contributed by atoms with Crippen LogP contribution in [0.2, 0.25) is 0 Å². The van der Waals surface area contributed by atoms with E-state index >= 15 is 0 Å². The zero-order valence-electron chi connectivity index (χ0n) is 15.7. The van der Waals surface area contributed by atoms with Crippen molar-refractivity contribution in [3.63, 3.8) is 0 Å². The number of hydrogen-bond donors (Lipinski definition) is 0. The highest BCUT2D eigenvalue weighted by atomic mass is 19.1. The Labute approximate surface area is 152 Å². The lowest BCUT2D eigenvalue weighted by Crippen LogP contribution is -2.13. The normalized spacial score (nSPS) is 20.6. The molecule has 0 N–H and O–H groups in total. The van der Waals surface area contributed by atoms with Gasteiger partial charge in [0, 0.05) is 0 Å². The van der Waals surface area contributed by atoms with Crippen molar-refractivity contribution in [2.24, 2.45) is 5.92 Å². The van der Waals surface area contributed by atoms with Crippen LogP contribution in [0.5, 0.6) is 0 Å². The van der Waals surface area contributed by atoms with Gasteiger partial charge in [-0.15, -0.1) is 0 Å². The lowest BCUT2D eigenvalue weighted by Gasteiger charge is -2.28. The van der Waals surface area contributed by atoms with E-state index in [2.05, 4.69) is 44.2 Å². The first-order valence-electron chi connectivity index (χ1n) is 10.1. The predicted molar refractivity (Wildman–Crippen MR) is 105 cm³/mol. The molecule has 1 heteroatoms. The van der Waals surface area contributed by atoms with E-state index < -0.39 is 0 Å². The van der Waals surface area contributed by atoms with Gasteiger partial charge in [0.15, 0.2) is 0 Å². The van der Waals surface area contributed by atoms with Crippen molar-refractivity contribution in [3.8, 4) is 11.1 Å². The Morgan fingerprint density at radius 2 is 1.52 bits per heavy atom.